The maximum absolute atomic E-state index is 13.0. The van der Waals surface area contributed by atoms with Gasteiger partial charge < -0.3 is 14.4 Å². The molecule has 0 N–H and O–H groups in total. The Hall–Kier alpha value is -2.35. The highest BCUT2D eigenvalue weighted by Gasteiger charge is 2.21. The van der Waals surface area contributed by atoms with Crippen molar-refractivity contribution in [2.24, 2.45) is 0 Å². The number of ether oxygens (including phenoxy) is 2. The van der Waals surface area contributed by atoms with Crippen LogP contribution in [-0.2, 0) is 4.79 Å². The number of fused-ring (bicyclic) bond motifs is 1. The van der Waals surface area contributed by atoms with Gasteiger partial charge in [0.05, 0.1) is 24.3 Å². The van der Waals surface area contributed by atoms with E-state index < -0.39 is 0 Å². The van der Waals surface area contributed by atoms with Gasteiger partial charge in [-0.1, -0.05) is 35.6 Å². The van der Waals surface area contributed by atoms with E-state index in [1.165, 1.54) is 11.3 Å². The molecule has 0 fully saturated rings. The van der Waals surface area contributed by atoms with Crippen molar-refractivity contribution in [3.05, 3.63) is 48.5 Å². The normalized spacial score (nSPS) is 10.7. The van der Waals surface area contributed by atoms with Gasteiger partial charge in [0.15, 0.2) is 5.13 Å². The van der Waals surface area contributed by atoms with Crippen LogP contribution in [0.1, 0.15) is 13.3 Å². The molecule has 0 unspecified atom stereocenters. The molecular formula is C22H28ClN3O3S. The first-order chi connectivity index (χ1) is 14.1. The van der Waals surface area contributed by atoms with Crippen molar-refractivity contribution in [3.63, 3.8) is 0 Å². The predicted octanol–water partition coefficient (Wildman–Crippen LogP) is 4.48. The maximum atomic E-state index is 13.0. The monoisotopic (exact) mass is 449 g/mol. The van der Waals surface area contributed by atoms with Crippen molar-refractivity contribution in [2.45, 2.75) is 13.3 Å². The number of benzene rings is 2. The predicted molar refractivity (Wildman–Crippen MR) is 125 cm³/mol. The smallest absolute Gasteiger partial charge is 0.232 e. The fourth-order valence-electron chi connectivity index (χ4n) is 2.83. The standard InChI is InChI=1S/C22H27N3O3S.ClH/c1-4-27-18-11-8-12-19-21(18)23-22(29-19)25(15-14-24(2)3)20(26)13-16-28-17-9-6-5-7-10-17;/h5-12H,4,13-16H2,1-3H3;1H. The average molecular weight is 450 g/mol. The molecule has 0 atom stereocenters. The molecule has 162 valence electrons. The van der Waals surface area contributed by atoms with Crippen LogP contribution in [0.5, 0.6) is 11.5 Å². The molecule has 0 radical (unpaired) electrons. The largest absolute Gasteiger partial charge is 0.493 e. The lowest BCUT2D eigenvalue weighted by Gasteiger charge is -2.22. The fourth-order valence-corrected chi connectivity index (χ4v) is 3.86. The first kappa shape index (κ1) is 23.9. The maximum Gasteiger partial charge on any atom is 0.232 e. The number of thiazole rings is 1. The second-order valence-corrected chi connectivity index (χ2v) is 7.80. The second-order valence-electron chi connectivity index (χ2n) is 6.79. The van der Waals surface area contributed by atoms with Crippen LogP contribution < -0.4 is 14.4 Å². The zero-order chi connectivity index (χ0) is 20.6. The van der Waals surface area contributed by atoms with Gasteiger partial charge in [-0.05, 0) is 45.3 Å². The Morgan fingerprint density at radius 3 is 2.50 bits per heavy atom. The number of carbonyl (C=O) groups excluding carboxylic acids is 1. The first-order valence-electron chi connectivity index (χ1n) is 9.73. The molecule has 6 nitrogen and oxygen atoms in total. The van der Waals surface area contributed by atoms with Gasteiger partial charge in [-0.15, -0.1) is 12.4 Å². The van der Waals surface area contributed by atoms with Gasteiger partial charge in [-0.25, -0.2) is 4.98 Å². The molecule has 0 saturated heterocycles. The number of anilines is 1. The molecule has 1 amide bonds. The lowest BCUT2D eigenvalue weighted by Crippen LogP contribution is -2.37. The highest BCUT2D eigenvalue weighted by Crippen LogP contribution is 2.34. The molecule has 2 aromatic carbocycles. The summed E-state index contributed by atoms with van der Waals surface area (Å²) in [7, 11) is 3.99. The van der Waals surface area contributed by atoms with Crippen LogP contribution in [0.15, 0.2) is 48.5 Å². The summed E-state index contributed by atoms with van der Waals surface area (Å²) in [5.41, 5.74) is 0.803. The molecule has 0 aliphatic rings. The van der Waals surface area contributed by atoms with E-state index in [1.54, 1.807) is 4.90 Å². The molecule has 3 rings (SSSR count). The van der Waals surface area contributed by atoms with Crippen molar-refractivity contribution >= 4 is 45.0 Å². The third-order valence-corrected chi connectivity index (χ3v) is 5.34. The third-order valence-electron chi connectivity index (χ3n) is 4.30. The van der Waals surface area contributed by atoms with Crippen LogP contribution in [0.25, 0.3) is 10.2 Å². The molecule has 0 saturated carbocycles. The molecule has 0 aliphatic heterocycles. The minimum atomic E-state index is -0.000188. The molecule has 30 heavy (non-hydrogen) atoms. The van der Waals surface area contributed by atoms with Gasteiger partial charge >= 0.3 is 0 Å². The summed E-state index contributed by atoms with van der Waals surface area (Å²) in [6.45, 7) is 4.18. The van der Waals surface area contributed by atoms with Gasteiger partial charge in [0.2, 0.25) is 5.91 Å². The summed E-state index contributed by atoms with van der Waals surface area (Å²) in [5, 5.41) is 0.693. The van der Waals surface area contributed by atoms with E-state index >= 15 is 0 Å². The van der Waals surface area contributed by atoms with Gasteiger partial charge in [0.1, 0.15) is 17.0 Å². The van der Waals surface area contributed by atoms with Crippen LogP contribution in [0.2, 0.25) is 0 Å². The molecule has 1 aromatic heterocycles. The van der Waals surface area contributed by atoms with Crippen molar-refractivity contribution in [1.29, 1.82) is 0 Å². The molecule has 1 heterocycles. The summed E-state index contributed by atoms with van der Waals surface area (Å²) < 4.78 is 12.4. The van der Waals surface area contributed by atoms with Crippen molar-refractivity contribution < 1.29 is 14.3 Å². The van der Waals surface area contributed by atoms with E-state index in [9.17, 15) is 4.79 Å². The van der Waals surface area contributed by atoms with Crippen LogP contribution in [0.4, 0.5) is 5.13 Å². The fraction of sp³-hybridized carbons (Fsp3) is 0.364. The quantitative estimate of drug-likeness (QED) is 0.456. The zero-order valence-corrected chi connectivity index (χ0v) is 19.2. The second kappa shape index (κ2) is 11.7. The number of hydrogen-bond acceptors (Lipinski definition) is 6. The third kappa shape index (κ3) is 6.32. The Morgan fingerprint density at radius 2 is 1.80 bits per heavy atom. The Kier molecular flexibility index (Phi) is 9.36. The highest BCUT2D eigenvalue weighted by molar-refractivity contribution is 7.22. The van der Waals surface area contributed by atoms with E-state index in [0.29, 0.717) is 24.9 Å². The van der Waals surface area contributed by atoms with Crippen LogP contribution in [0.3, 0.4) is 0 Å². The number of likely N-dealkylation sites (N-methyl/N-ethyl adjacent to an activating group) is 1. The van der Waals surface area contributed by atoms with Gasteiger partial charge in [0.25, 0.3) is 0 Å². The number of halogens is 1. The van der Waals surface area contributed by atoms with E-state index in [1.807, 2.05) is 69.6 Å². The molecule has 0 aliphatic carbocycles. The average Bonchev–Trinajstić information content (AvgIpc) is 3.14. The minimum absolute atomic E-state index is 0. The van der Waals surface area contributed by atoms with Crippen LogP contribution in [0, 0.1) is 0 Å². The number of hydrogen-bond donors (Lipinski definition) is 0. The number of para-hydroxylation sites is 2. The molecule has 8 heteroatoms. The number of rotatable bonds is 10. The number of aromatic nitrogens is 1. The van der Waals surface area contributed by atoms with Crippen molar-refractivity contribution in [2.75, 3.05) is 45.3 Å². The van der Waals surface area contributed by atoms with Gasteiger partial charge in [-0.3, -0.25) is 9.69 Å². The number of carbonyl (C=O) groups is 1. The Balaban J connectivity index is 0.00000320. The topological polar surface area (TPSA) is 54.9 Å². The Morgan fingerprint density at radius 1 is 1.03 bits per heavy atom. The van der Waals surface area contributed by atoms with E-state index in [2.05, 4.69) is 4.90 Å². The lowest BCUT2D eigenvalue weighted by molar-refractivity contribution is -0.119. The molecular weight excluding hydrogens is 422 g/mol. The van der Waals surface area contributed by atoms with Crippen molar-refractivity contribution in [3.8, 4) is 11.5 Å². The van der Waals surface area contributed by atoms with E-state index in [-0.39, 0.29) is 24.7 Å². The summed E-state index contributed by atoms with van der Waals surface area (Å²) in [4.78, 5) is 21.5. The van der Waals surface area contributed by atoms with Crippen molar-refractivity contribution in [1.82, 2.24) is 9.88 Å². The molecule has 3 aromatic rings. The first-order valence-corrected chi connectivity index (χ1v) is 10.6. The SMILES string of the molecule is CCOc1cccc2sc(N(CCN(C)C)C(=O)CCOc3ccccc3)nc12.Cl. The summed E-state index contributed by atoms with van der Waals surface area (Å²) in [6.07, 6.45) is 0.288. The summed E-state index contributed by atoms with van der Waals surface area (Å²) in [6, 6.07) is 15.4. The lowest BCUT2D eigenvalue weighted by atomic mass is 10.3. The Labute approximate surface area is 187 Å². The number of nitrogens with zero attached hydrogens (tertiary/aromatic N) is 3. The minimum Gasteiger partial charge on any atom is -0.493 e. The van der Waals surface area contributed by atoms with Gasteiger partial charge in [-0.2, -0.15) is 0 Å². The van der Waals surface area contributed by atoms with E-state index in [0.717, 1.165) is 28.3 Å². The summed E-state index contributed by atoms with van der Waals surface area (Å²) >= 11 is 1.51. The van der Waals surface area contributed by atoms with E-state index in [4.69, 9.17) is 14.5 Å². The molecule has 0 spiro atoms. The zero-order valence-electron chi connectivity index (χ0n) is 17.5. The number of amides is 1. The molecule has 0 bridgehead atoms. The van der Waals surface area contributed by atoms with Gasteiger partial charge in [0, 0.05) is 13.1 Å². The van der Waals surface area contributed by atoms with Crippen LogP contribution >= 0.6 is 23.7 Å². The van der Waals surface area contributed by atoms with Crippen LogP contribution in [-0.4, -0.2) is 56.2 Å². The summed E-state index contributed by atoms with van der Waals surface area (Å²) in [5.74, 6) is 1.52. The highest BCUT2D eigenvalue weighted by atomic mass is 35.5. The Bertz CT molecular complexity index is 934.